The van der Waals surface area contributed by atoms with Crippen molar-refractivity contribution < 1.29 is 4.74 Å². The second-order valence-electron chi connectivity index (χ2n) is 7.51. The topological polar surface area (TPSA) is 59.0 Å². The molecule has 0 bridgehead atoms. The molecule has 4 rings (SSSR count). The molecule has 0 saturated carbocycles. The lowest BCUT2D eigenvalue weighted by Gasteiger charge is -2.36. The quantitative estimate of drug-likeness (QED) is 0.483. The SMILES string of the molecule is CC1CC(=Cc2ccccc2Br)C2=C(C1)C(c1ccccc1Br)C(C#N)=C(N)O2. The average Bonchev–Trinajstić information content (AvgIpc) is 2.70. The predicted octanol–water partition coefficient (Wildman–Crippen LogP) is 6.79. The number of hydrogen-bond donors (Lipinski definition) is 1. The maximum absolute atomic E-state index is 9.85. The molecule has 0 amide bonds. The van der Waals surface area contributed by atoms with Gasteiger partial charge in [-0.05, 0) is 59.2 Å². The van der Waals surface area contributed by atoms with E-state index in [9.17, 15) is 5.26 Å². The van der Waals surface area contributed by atoms with Gasteiger partial charge in [-0.3, -0.25) is 0 Å². The van der Waals surface area contributed by atoms with Crippen LogP contribution < -0.4 is 5.73 Å². The molecule has 1 aliphatic heterocycles. The Morgan fingerprint density at radius 1 is 1.07 bits per heavy atom. The van der Waals surface area contributed by atoms with Crippen LogP contribution in [0, 0.1) is 17.2 Å². The van der Waals surface area contributed by atoms with E-state index >= 15 is 0 Å². The number of halogens is 2. The number of allylic oxidation sites excluding steroid dienone is 3. The highest BCUT2D eigenvalue weighted by Crippen LogP contribution is 2.49. The lowest BCUT2D eigenvalue weighted by molar-refractivity contribution is 0.268. The van der Waals surface area contributed by atoms with Gasteiger partial charge in [-0.15, -0.1) is 0 Å². The van der Waals surface area contributed by atoms with Crippen molar-refractivity contribution >= 4 is 37.9 Å². The van der Waals surface area contributed by atoms with E-state index in [1.165, 1.54) is 0 Å². The summed E-state index contributed by atoms with van der Waals surface area (Å²) in [6.07, 6.45) is 3.93. The molecule has 0 aromatic heterocycles. The summed E-state index contributed by atoms with van der Waals surface area (Å²) in [5, 5.41) is 9.85. The molecule has 5 heteroatoms. The number of benzene rings is 2. The minimum Gasteiger partial charge on any atom is -0.440 e. The normalized spacial score (nSPS) is 22.9. The molecule has 1 aliphatic carbocycles. The zero-order chi connectivity index (χ0) is 20.5. The second kappa shape index (κ2) is 8.22. The molecule has 2 aromatic rings. The summed E-state index contributed by atoms with van der Waals surface area (Å²) in [6, 6.07) is 18.4. The average molecular weight is 512 g/mol. The summed E-state index contributed by atoms with van der Waals surface area (Å²) >= 11 is 7.29. The Bertz CT molecular complexity index is 1110. The van der Waals surface area contributed by atoms with Gasteiger partial charge in [0, 0.05) is 8.95 Å². The van der Waals surface area contributed by atoms with Crippen molar-refractivity contribution in [1.29, 1.82) is 5.26 Å². The maximum atomic E-state index is 9.85. The Kier molecular flexibility index (Phi) is 5.67. The molecule has 1 heterocycles. The Morgan fingerprint density at radius 2 is 1.76 bits per heavy atom. The van der Waals surface area contributed by atoms with Gasteiger partial charge in [0.2, 0.25) is 5.88 Å². The van der Waals surface area contributed by atoms with Gasteiger partial charge < -0.3 is 10.5 Å². The summed E-state index contributed by atoms with van der Waals surface area (Å²) in [7, 11) is 0. The highest BCUT2D eigenvalue weighted by molar-refractivity contribution is 9.10. The monoisotopic (exact) mass is 510 g/mol. The van der Waals surface area contributed by atoms with E-state index in [0.29, 0.717) is 11.5 Å². The number of nitriles is 1. The standard InChI is InChI=1S/C24H20Br2N2O/c1-14-10-16(12-15-6-2-4-8-20(15)25)23-18(11-14)22(19(13-27)24(28)29-23)17-7-3-5-9-21(17)26/h2-9,12,14,22H,10-11,28H2,1H3. The first-order valence-corrected chi connectivity index (χ1v) is 11.1. The first-order valence-electron chi connectivity index (χ1n) is 9.50. The Morgan fingerprint density at radius 3 is 2.45 bits per heavy atom. The lowest BCUT2D eigenvalue weighted by atomic mass is 9.74. The van der Waals surface area contributed by atoms with Gasteiger partial charge in [-0.2, -0.15) is 5.26 Å². The van der Waals surface area contributed by atoms with Crippen molar-refractivity contribution in [3.63, 3.8) is 0 Å². The Hall–Kier alpha value is -2.29. The van der Waals surface area contributed by atoms with Crippen molar-refractivity contribution in [2.75, 3.05) is 0 Å². The zero-order valence-electron chi connectivity index (χ0n) is 16.0. The van der Waals surface area contributed by atoms with Crippen LogP contribution in [-0.4, -0.2) is 0 Å². The summed E-state index contributed by atoms with van der Waals surface area (Å²) in [5.74, 6) is 1.25. The molecule has 2 N–H and O–H groups in total. The summed E-state index contributed by atoms with van der Waals surface area (Å²) in [6.45, 7) is 2.24. The minimum absolute atomic E-state index is 0.194. The van der Waals surface area contributed by atoms with Crippen molar-refractivity contribution in [1.82, 2.24) is 0 Å². The minimum atomic E-state index is -0.204. The number of rotatable bonds is 2. The van der Waals surface area contributed by atoms with Crippen LogP contribution in [0.15, 0.2) is 85.8 Å². The van der Waals surface area contributed by atoms with Crippen LogP contribution in [0.5, 0.6) is 0 Å². The fourth-order valence-electron chi connectivity index (χ4n) is 4.15. The van der Waals surface area contributed by atoms with Crippen LogP contribution in [0.3, 0.4) is 0 Å². The van der Waals surface area contributed by atoms with Crippen LogP contribution in [0.2, 0.25) is 0 Å². The Labute approximate surface area is 187 Å². The molecule has 0 saturated heterocycles. The van der Waals surface area contributed by atoms with E-state index in [1.807, 2.05) is 42.5 Å². The zero-order valence-corrected chi connectivity index (χ0v) is 19.1. The molecule has 29 heavy (non-hydrogen) atoms. The van der Waals surface area contributed by atoms with Crippen LogP contribution in [0.25, 0.3) is 6.08 Å². The fraction of sp³-hybridized carbons (Fsp3) is 0.208. The molecular formula is C24H20Br2N2O. The van der Waals surface area contributed by atoms with Crippen molar-refractivity contribution in [2.45, 2.75) is 25.7 Å². The van der Waals surface area contributed by atoms with Gasteiger partial charge in [0.15, 0.2) is 0 Å². The molecule has 0 radical (unpaired) electrons. The molecule has 2 atom stereocenters. The predicted molar refractivity (Wildman–Crippen MR) is 122 cm³/mol. The van der Waals surface area contributed by atoms with E-state index in [1.54, 1.807) is 0 Å². The molecule has 0 spiro atoms. The van der Waals surface area contributed by atoms with Gasteiger partial charge in [-0.1, -0.05) is 75.2 Å². The van der Waals surface area contributed by atoms with Crippen molar-refractivity contribution in [3.8, 4) is 6.07 Å². The van der Waals surface area contributed by atoms with Crippen LogP contribution >= 0.6 is 31.9 Å². The van der Waals surface area contributed by atoms with E-state index < -0.39 is 0 Å². The van der Waals surface area contributed by atoms with Crippen LogP contribution in [0.4, 0.5) is 0 Å². The molecule has 0 fully saturated rings. The molecule has 146 valence electrons. The highest BCUT2D eigenvalue weighted by Gasteiger charge is 2.38. The van der Waals surface area contributed by atoms with Crippen LogP contribution in [-0.2, 0) is 4.74 Å². The molecule has 2 aliphatic rings. The van der Waals surface area contributed by atoms with Gasteiger partial charge in [0.25, 0.3) is 0 Å². The molecular weight excluding hydrogens is 492 g/mol. The van der Waals surface area contributed by atoms with E-state index in [4.69, 9.17) is 10.5 Å². The van der Waals surface area contributed by atoms with E-state index in [0.717, 1.165) is 49.8 Å². The van der Waals surface area contributed by atoms with Crippen LogP contribution in [0.1, 0.15) is 36.8 Å². The third-order valence-electron chi connectivity index (χ3n) is 5.41. The lowest BCUT2D eigenvalue weighted by Crippen LogP contribution is -2.26. The maximum Gasteiger partial charge on any atom is 0.205 e. The number of hydrogen-bond acceptors (Lipinski definition) is 3. The molecule has 2 aromatic carbocycles. The van der Waals surface area contributed by atoms with Crippen molar-refractivity contribution in [2.24, 2.45) is 11.7 Å². The second-order valence-corrected chi connectivity index (χ2v) is 9.21. The molecule has 2 unspecified atom stereocenters. The van der Waals surface area contributed by atoms with Gasteiger partial charge >= 0.3 is 0 Å². The number of ether oxygens (including phenoxy) is 1. The smallest absolute Gasteiger partial charge is 0.205 e. The first kappa shape index (κ1) is 20.0. The highest BCUT2D eigenvalue weighted by atomic mass is 79.9. The third-order valence-corrected chi connectivity index (χ3v) is 6.85. The summed E-state index contributed by atoms with van der Waals surface area (Å²) in [5.41, 5.74) is 11.1. The third kappa shape index (κ3) is 3.80. The number of nitrogens with two attached hydrogens (primary N) is 1. The number of nitrogens with zero attached hydrogens (tertiary/aromatic N) is 1. The van der Waals surface area contributed by atoms with E-state index in [2.05, 4.69) is 57.0 Å². The van der Waals surface area contributed by atoms with Gasteiger partial charge in [-0.25, -0.2) is 0 Å². The summed E-state index contributed by atoms with van der Waals surface area (Å²) in [4.78, 5) is 0. The van der Waals surface area contributed by atoms with Crippen molar-refractivity contribution in [3.05, 3.63) is 97.0 Å². The fourth-order valence-corrected chi connectivity index (χ4v) is 5.07. The van der Waals surface area contributed by atoms with Gasteiger partial charge in [0.05, 0.1) is 5.92 Å². The molecule has 3 nitrogen and oxygen atoms in total. The summed E-state index contributed by atoms with van der Waals surface area (Å²) < 4.78 is 8.08. The largest absolute Gasteiger partial charge is 0.440 e. The van der Waals surface area contributed by atoms with E-state index in [-0.39, 0.29) is 11.8 Å². The van der Waals surface area contributed by atoms with Gasteiger partial charge in [0.1, 0.15) is 17.4 Å². The first-order chi connectivity index (χ1) is 14.0. The Balaban J connectivity index is 1.91.